The largest absolute Gasteiger partial charge is 0.493 e. The summed E-state index contributed by atoms with van der Waals surface area (Å²) in [6.07, 6.45) is -0.463. The Labute approximate surface area is 274 Å². The number of halogens is 2. The Kier molecular flexibility index (Phi) is 11.3. The highest BCUT2D eigenvalue weighted by Crippen LogP contribution is 2.41. The van der Waals surface area contributed by atoms with E-state index in [1.807, 2.05) is 0 Å². The van der Waals surface area contributed by atoms with Crippen LogP contribution in [0.2, 0.25) is 0 Å². The average Bonchev–Trinajstić information content (AvgIpc) is 3.64. The van der Waals surface area contributed by atoms with Gasteiger partial charge in [-0.3, -0.25) is 19.2 Å². The van der Waals surface area contributed by atoms with Crippen LogP contribution in [0.1, 0.15) is 73.7 Å². The van der Waals surface area contributed by atoms with Crippen LogP contribution < -0.4 is 18.9 Å². The number of amides is 1. The summed E-state index contributed by atoms with van der Waals surface area (Å²) in [5.41, 5.74) is 0.200. The second-order valence-electron chi connectivity index (χ2n) is 11.8. The van der Waals surface area contributed by atoms with E-state index < -0.39 is 35.0 Å². The van der Waals surface area contributed by atoms with E-state index in [9.17, 15) is 19.2 Å². The molecule has 0 fully saturated rings. The van der Waals surface area contributed by atoms with Crippen LogP contribution in [0.25, 0.3) is 10.1 Å². The summed E-state index contributed by atoms with van der Waals surface area (Å²) in [5, 5.41) is 8.98. The number of rotatable bonds is 15. The lowest BCUT2D eigenvalue weighted by molar-refractivity contribution is -0.156. The smallest absolute Gasteiger partial charge is 0.306 e. The van der Waals surface area contributed by atoms with Crippen LogP contribution in [-0.2, 0) is 32.2 Å². The van der Waals surface area contributed by atoms with E-state index >= 15 is 8.78 Å². The van der Waals surface area contributed by atoms with E-state index in [1.54, 1.807) is 32.9 Å². The number of nitrogens with zero attached hydrogens (tertiary/aromatic N) is 1. The van der Waals surface area contributed by atoms with Gasteiger partial charge in [-0.15, -0.1) is 11.3 Å². The van der Waals surface area contributed by atoms with Gasteiger partial charge in [-0.25, -0.2) is 8.78 Å². The molecule has 14 heteroatoms. The van der Waals surface area contributed by atoms with Crippen molar-refractivity contribution >= 4 is 45.1 Å². The van der Waals surface area contributed by atoms with Crippen molar-refractivity contribution in [1.29, 1.82) is 0 Å². The lowest BCUT2D eigenvalue weighted by Gasteiger charge is -2.20. The average molecular weight is 678 g/mol. The molecule has 4 rings (SSSR count). The lowest BCUT2D eigenvalue weighted by Crippen LogP contribution is -2.28. The minimum absolute atomic E-state index is 0.00872. The zero-order valence-corrected chi connectivity index (χ0v) is 27.6. The van der Waals surface area contributed by atoms with E-state index in [0.29, 0.717) is 15.8 Å². The van der Waals surface area contributed by atoms with E-state index in [2.05, 4.69) is 0 Å². The number of hydrogen-bond donors (Lipinski definition) is 1. The highest BCUT2D eigenvalue weighted by Gasteiger charge is 2.31. The number of carbonyl (C=O) groups excluding carboxylic acids is 3. The Bertz CT molecular complexity index is 1680. The molecular formula is C33H37F2NO10S. The minimum Gasteiger partial charge on any atom is -0.493 e. The van der Waals surface area contributed by atoms with E-state index in [-0.39, 0.29) is 97.6 Å². The molecule has 0 saturated heterocycles. The van der Waals surface area contributed by atoms with Gasteiger partial charge in [-0.05, 0) is 38.5 Å². The molecule has 1 aliphatic rings. The zero-order valence-electron chi connectivity index (χ0n) is 26.8. The second kappa shape index (κ2) is 15.0. The summed E-state index contributed by atoms with van der Waals surface area (Å²) in [4.78, 5) is 49.7. The standard InChI is InChI=1S/C33H37F2NO10S/c1-33(2,3)46-28(41)10-8-26(38)36-16-18-13-22(42-4)31(30(35)20(18)17-36)44-11-6-12-45-32-23(43-5)15-24-19(29(32)34)14-25(47-24)21(37)7-9-27(39)40/h13-15H,6-12,16-17H2,1-5H3,(H,39,40). The number of methoxy groups -OCH3 is 2. The number of esters is 1. The molecule has 0 saturated carbocycles. The summed E-state index contributed by atoms with van der Waals surface area (Å²) in [6, 6.07) is 4.52. The van der Waals surface area contributed by atoms with Crippen molar-refractivity contribution < 1.29 is 56.7 Å². The van der Waals surface area contributed by atoms with Crippen LogP contribution in [-0.4, -0.2) is 66.7 Å². The molecule has 1 N–H and O–H groups in total. The van der Waals surface area contributed by atoms with Gasteiger partial charge in [0.05, 0.1) is 45.2 Å². The molecule has 0 radical (unpaired) electrons. The Morgan fingerprint density at radius 1 is 0.872 bits per heavy atom. The first-order valence-corrected chi connectivity index (χ1v) is 15.7. The summed E-state index contributed by atoms with van der Waals surface area (Å²) in [7, 11) is 2.72. The first-order chi connectivity index (χ1) is 22.2. The molecule has 3 aromatic rings. The fourth-order valence-electron chi connectivity index (χ4n) is 4.96. The highest BCUT2D eigenvalue weighted by atomic mass is 32.1. The third-order valence-corrected chi connectivity index (χ3v) is 8.27. The normalized spacial score (nSPS) is 12.5. The Morgan fingerprint density at radius 2 is 1.51 bits per heavy atom. The third-order valence-electron chi connectivity index (χ3n) is 7.15. The van der Waals surface area contributed by atoms with Crippen LogP contribution in [0, 0.1) is 11.6 Å². The molecule has 0 atom stereocenters. The molecule has 0 unspecified atom stereocenters. The van der Waals surface area contributed by atoms with Crippen molar-refractivity contribution in [3.63, 3.8) is 0 Å². The van der Waals surface area contributed by atoms with Crippen molar-refractivity contribution in [1.82, 2.24) is 4.90 Å². The summed E-state index contributed by atoms with van der Waals surface area (Å²) in [6.45, 7) is 5.35. The summed E-state index contributed by atoms with van der Waals surface area (Å²) < 4.78 is 58.8. The van der Waals surface area contributed by atoms with Crippen molar-refractivity contribution in [2.45, 2.75) is 71.6 Å². The minimum atomic E-state index is -1.10. The molecular weight excluding hydrogens is 640 g/mol. The fraction of sp³-hybridized carbons (Fsp3) is 0.455. The number of ketones is 1. The summed E-state index contributed by atoms with van der Waals surface area (Å²) in [5.74, 6) is -3.73. The van der Waals surface area contributed by atoms with Gasteiger partial charge < -0.3 is 33.7 Å². The number of aliphatic carboxylic acids is 1. The molecule has 0 aliphatic carbocycles. The van der Waals surface area contributed by atoms with Gasteiger partial charge in [-0.2, -0.15) is 0 Å². The molecule has 254 valence electrons. The van der Waals surface area contributed by atoms with E-state index in [4.69, 9.17) is 28.8 Å². The molecule has 0 bridgehead atoms. The third kappa shape index (κ3) is 8.67. The first-order valence-electron chi connectivity index (χ1n) is 14.9. The zero-order chi connectivity index (χ0) is 34.5. The van der Waals surface area contributed by atoms with Crippen LogP contribution in [0.15, 0.2) is 18.2 Å². The second-order valence-corrected chi connectivity index (χ2v) is 12.9. The number of Topliss-reactive ketones (excluding diaryl/α,β-unsaturated/α-hetero) is 1. The number of benzene rings is 2. The lowest BCUT2D eigenvalue weighted by atomic mass is 10.1. The molecule has 1 amide bonds. The van der Waals surface area contributed by atoms with Crippen molar-refractivity contribution in [3.05, 3.63) is 45.8 Å². The Hall–Kier alpha value is -4.46. The predicted octanol–water partition coefficient (Wildman–Crippen LogP) is 6.06. The molecule has 1 aromatic heterocycles. The number of fused-ring (bicyclic) bond motifs is 2. The highest BCUT2D eigenvalue weighted by molar-refractivity contribution is 7.20. The Morgan fingerprint density at radius 3 is 2.13 bits per heavy atom. The van der Waals surface area contributed by atoms with E-state index in [0.717, 1.165) is 11.3 Å². The maximum Gasteiger partial charge on any atom is 0.306 e. The number of carboxylic acid groups (broad SMARTS) is 1. The quantitative estimate of drug-likeness (QED) is 0.115. The number of carboxylic acids is 1. The SMILES string of the molecule is COc1cc2c(c(F)c1OCCCOc1c(OC)cc3sc(C(=O)CCC(=O)O)cc3c1F)CN(C(=O)CCC(=O)OC(C)(C)C)C2. The number of hydrogen-bond acceptors (Lipinski definition) is 10. The maximum atomic E-state index is 15.6. The molecule has 47 heavy (non-hydrogen) atoms. The van der Waals surface area contributed by atoms with Crippen molar-refractivity contribution in [2.75, 3.05) is 27.4 Å². The topological polar surface area (TPSA) is 138 Å². The van der Waals surface area contributed by atoms with Gasteiger partial charge in [0.15, 0.2) is 40.4 Å². The van der Waals surface area contributed by atoms with Gasteiger partial charge >= 0.3 is 11.9 Å². The van der Waals surface area contributed by atoms with E-state index in [1.165, 1.54) is 25.2 Å². The van der Waals surface area contributed by atoms with Gasteiger partial charge in [-0.1, -0.05) is 0 Å². The van der Waals surface area contributed by atoms with Crippen LogP contribution in [0.3, 0.4) is 0 Å². The number of thiophene rings is 1. The van der Waals surface area contributed by atoms with Gasteiger partial charge in [0.1, 0.15) is 5.60 Å². The van der Waals surface area contributed by atoms with Crippen LogP contribution in [0.4, 0.5) is 8.78 Å². The van der Waals surface area contributed by atoms with Gasteiger partial charge in [0.2, 0.25) is 5.91 Å². The fourth-order valence-corrected chi connectivity index (χ4v) is 6.01. The number of carbonyl (C=O) groups is 4. The maximum absolute atomic E-state index is 15.6. The number of ether oxygens (including phenoxy) is 5. The molecule has 2 heterocycles. The Balaban J connectivity index is 1.36. The molecule has 1 aliphatic heterocycles. The van der Waals surface area contributed by atoms with Crippen LogP contribution >= 0.6 is 11.3 Å². The van der Waals surface area contributed by atoms with Gasteiger partial charge in [0, 0.05) is 54.1 Å². The molecule has 2 aromatic carbocycles. The first kappa shape index (κ1) is 35.4. The van der Waals surface area contributed by atoms with Crippen LogP contribution in [0.5, 0.6) is 23.0 Å². The predicted molar refractivity (Wildman–Crippen MR) is 167 cm³/mol. The molecule has 11 nitrogen and oxygen atoms in total. The van der Waals surface area contributed by atoms with Crippen molar-refractivity contribution in [3.8, 4) is 23.0 Å². The monoisotopic (exact) mass is 677 g/mol. The summed E-state index contributed by atoms with van der Waals surface area (Å²) >= 11 is 1.03. The molecule has 0 spiro atoms. The van der Waals surface area contributed by atoms with Gasteiger partial charge in [0.25, 0.3) is 0 Å². The van der Waals surface area contributed by atoms with Crippen molar-refractivity contribution in [2.24, 2.45) is 0 Å².